The van der Waals surface area contributed by atoms with Crippen LogP contribution in [0.2, 0.25) is 5.15 Å². The van der Waals surface area contributed by atoms with E-state index in [1.54, 1.807) is 19.2 Å². The molecule has 4 heterocycles. The van der Waals surface area contributed by atoms with Gasteiger partial charge in [-0.15, -0.1) is 0 Å². The third kappa shape index (κ3) is 5.97. The minimum atomic E-state index is -3.86. The summed E-state index contributed by atoms with van der Waals surface area (Å²) in [6.45, 7) is 2.44. The number of hydrogen-bond acceptors (Lipinski definition) is 9. The van der Waals surface area contributed by atoms with Crippen LogP contribution in [0.3, 0.4) is 0 Å². The summed E-state index contributed by atoms with van der Waals surface area (Å²) in [5.74, 6) is -0.469. The second-order valence-electron chi connectivity index (χ2n) is 10.6. The molecule has 4 aromatic rings. The molecule has 0 spiro atoms. The first-order valence-electron chi connectivity index (χ1n) is 14.8. The fraction of sp³-hybridized carbons (Fsp3) is 0.393. The summed E-state index contributed by atoms with van der Waals surface area (Å²) in [5.41, 5.74) is 2.46. The van der Waals surface area contributed by atoms with E-state index in [4.69, 9.17) is 20.7 Å². The Hall–Kier alpha value is -3.97. The molecule has 3 aromatic heterocycles. The first-order valence-corrected chi connectivity index (χ1v) is 15.6. The number of pyridine rings is 1. The number of sulfonamides is 1. The van der Waals surface area contributed by atoms with Gasteiger partial charge in [-0.05, 0) is 56.5 Å². The highest BCUT2D eigenvalue weighted by molar-refractivity contribution is 7.89. The lowest BCUT2D eigenvalue weighted by Crippen LogP contribution is -2.38. The van der Waals surface area contributed by atoms with Gasteiger partial charge in [0.25, 0.3) is 11.5 Å². The highest BCUT2D eigenvalue weighted by Crippen LogP contribution is 2.32. The average molecular weight is 616 g/mol. The number of amides is 1. The van der Waals surface area contributed by atoms with Crippen LogP contribution >= 0.6 is 11.6 Å². The van der Waals surface area contributed by atoms with Crippen molar-refractivity contribution >= 4 is 50.1 Å². The van der Waals surface area contributed by atoms with Gasteiger partial charge in [0.05, 0.1) is 28.9 Å². The molecular formula is C28H33ClN8O4S. The quantitative estimate of drug-likeness (QED) is 0.299. The van der Waals surface area contributed by atoms with Crippen molar-refractivity contribution in [2.75, 3.05) is 29.6 Å². The van der Waals surface area contributed by atoms with Gasteiger partial charge in [-0.2, -0.15) is 5.10 Å². The van der Waals surface area contributed by atoms with Gasteiger partial charge in [-0.1, -0.05) is 17.7 Å². The van der Waals surface area contributed by atoms with Crippen LogP contribution in [0.4, 0.5) is 11.6 Å². The fourth-order valence-electron chi connectivity index (χ4n) is 5.40. The minimum absolute atomic E-state index is 0.00818. The van der Waals surface area contributed by atoms with Gasteiger partial charge in [-0.25, -0.2) is 23.1 Å². The van der Waals surface area contributed by atoms with Crippen LogP contribution in [0, 0.1) is 6.92 Å². The van der Waals surface area contributed by atoms with Crippen LogP contribution in [0.15, 0.2) is 41.3 Å². The number of nitrogens with one attached hydrogen (secondary N) is 2. The van der Waals surface area contributed by atoms with Crippen LogP contribution in [-0.4, -0.2) is 58.0 Å². The number of hydrogen-bond donors (Lipinski definition) is 2. The molecule has 0 aliphatic carbocycles. The lowest BCUT2D eigenvalue weighted by Gasteiger charge is -2.33. The molecule has 14 heteroatoms. The molecule has 42 heavy (non-hydrogen) atoms. The molecule has 0 unspecified atom stereocenters. The van der Waals surface area contributed by atoms with Crippen LogP contribution in [0.5, 0.6) is 0 Å². The predicted molar refractivity (Wildman–Crippen MR) is 163 cm³/mol. The summed E-state index contributed by atoms with van der Waals surface area (Å²) in [7, 11) is -2.18. The molecule has 0 radical (unpaired) electrons. The van der Waals surface area contributed by atoms with Gasteiger partial charge < -0.3 is 10.2 Å². The summed E-state index contributed by atoms with van der Waals surface area (Å²) in [6.07, 6.45) is 3.66. The van der Waals surface area contributed by atoms with Crippen LogP contribution in [0.1, 0.15) is 63.1 Å². The highest BCUT2D eigenvalue weighted by Gasteiger charge is 2.27. The molecule has 1 saturated heterocycles. The van der Waals surface area contributed by atoms with Crippen molar-refractivity contribution in [3.05, 3.63) is 74.6 Å². The van der Waals surface area contributed by atoms with Gasteiger partial charge in [0.1, 0.15) is 5.15 Å². The molecule has 12 nitrogen and oxygen atoms in total. The van der Waals surface area contributed by atoms with Crippen LogP contribution in [-0.2, 0) is 24.0 Å². The number of rotatable bonds is 7. The summed E-state index contributed by atoms with van der Waals surface area (Å²) in [6, 6.07) is 7.93. The van der Waals surface area contributed by atoms with Crippen molar-refractivity contribution in [1.82, 2.24) is 29.0 Å². The number of carbonyl (C=O) groups excluding carboxylic acids is 1. The summed E-state index contributed by atoms with van der Waals surface area (Å²) < 4.78 is 51.3. The number of nitrogens with zero attached hydrogens (tertiary/aromatic N) is 6. The maximum Gasteiger partial charge on any atom is 0.285 e. The van der Waals surface area contributed by atoms with E-state index in [2.05, 4.69) is 15.4 Å². The van der Waals surface area contributed by atoms with E-state index < -0.39 is 28.9 Å². The number of halogens is 1. The minimum Gasteiger partial charge on any atom is -0.377 e. The number of benzene rings is 1. The van der Waals surface area contributed by atoms with E-state index in [-0.39, 0.29) is 28.0 Å². The smallest absolute Gasteiger partial charge is 0.285 e. The standard InChI is InChI=1S/C28H33ClN8O4S/c1-16-14-19(17(2)31-21-6-7-23(29)32-25(21)26(38)34-42(5,40)41)24-20(15-16)27(39)35(3)28(33-24)37-12-9-18(10-13-37)22-8-11-30-36(22)4/h6-8,11,14-15,17-18,31H,9-10,12-13H2,1-5H3,(H,34,38)/t17-/m1/s1/i4D3. The molecular weight excluding hydrogens is 580 g/mol. The molecule has 1 aliphatic heterocycles. The lowest BCUT2D eigenvalue weighted by atomic mass is 9.93. The molecule has 1 amide bonds. The highest BCUT2D eigenvalue weighted by atomic mass is 35.5. The Balaban J connectivity index is 1.48. The Morgan fingerprint density at radius 3 is 2.62 bits per heavy atom. The van der Waals surface area contributed by atoms with Crippen LogP contribution in [0.25, 0.3) is 10.9 Å². The molecule has 0 saturated carbocycles. The average Bonchev–Trinajstić information content (AvgIpc) is 3.46. The second-order valence-corrected chi connectivity index (χ2v) is 12.7. The van der Waals surface area contributed by atoms with E-state index in [9.17, 15) is 18.0 Å². The third-order valence-corrected chi connectivity index (χ3v) is 8.16. The predicted octanol–water partition coefficient (Wildman–Crippen LogP) is 3.27. The van der Waals surface area contributed by atoms with Gasteiger partial charge in [0.2, 0.25) is 16.0 Å². The van der Waals surface area contributed by atoms with Crippen LogP contribution < -0.4 is 20.5 Å². The number of aryl methyl sites for hydroxylation is 2. The molecule has 1 aliphatic rings. The maximum atomic E-state index is 13.7. The van der Waals surface area contributed by atoms with E-state index in [1.807, 2.05) is 29.5 Å². The Morgan fingerprint density at radius 2 is 1.93 bits per heavy atom. The van der Waals surface area contributed by atoms with Crippen molar-refractivity contribution in [1.29, 1.82) is 0 Å². The third-order valence-electron chi connectivity index (χ3n) is 7.39. The zero-order chi connectivity index (χ0) is 32.8. The van der Waals surface area contributed by atoms with Gasteiger partial charge >= 0.3 is 0 Å². The molecule has 5 rings (SSSR count). The van der Waals surface area contributed by atoms with Gasteiger partial charge in [0.15, 0.2) is 5.69 Å². The number of carbonyl (C=O) groups is 1. The molecule has 1 aromatic carbocycles. The molecule has 1 atom stereocenters. The van der Waals surface area contributed by atoms with E-state index >= 15 is 0 Å². The van der Waals surface area contributed by atoms with E-state index in [0.29, 0.717) is 54.0 Å². The zero-order valence-corrected chi connectivity index (χ0v) is 25.1. The van der Waals surface area contributed by atoms with Gasteiger partial charge in [-0.3, -0.25) is 18.8 Å². The second kappa shape index (κ2) is 11.4. The Labute approximate surface area is 253 Å². The largest absolute Gasteiger partial charge is 0.377 e. The topological polar surface area (TPSA) is 144 Å². The summed E-state index contributed by atoms with van der Waals surface area (Å²) >= 11 is 6.02. The molecule has 0 bridgehead atoms. The number of piperidine rings is 1. The Morgan fingerprint density at radius 1 is 1.19 bits per heavy atom. The van der Waals surface area contributed by atoms with Crippen molar-refractivity contribution < 1.29 is 17.3 Å². The number of fused-ring (bicyclic) bond motifs is 1. The molecule has 222 valence electrons. The van der Waals surface area contributed by atoms with Gasteiger partial charge in [0, 0.05) is 54.6 Å². The summed E-state index contributed by atoms with van der Waals surface area (Å²) in [5, 5.41) is 7.66. The lowest BCUT2D eigenvalue weighted by molar-refractivity contribution is 0.0977. The normalized spacial score (nSPS) is 16.5. The Kier molecular flexibility index (Phi) is 6.96. The van der Waals surface area contributed by atoms with E-state index in [1.165, 1.54) is 22.9 Å². The molecule has 1 fully saturated rings. The SMILES string of the molecule is [2H]C([2H])([2H])n1nccc1C1CCN(c2nc3c([C@@H](C)Nc4ccc(Cl)nc4C(=O)NS(C)(=O)=O)cc(C)cc3c(=O)n2C)CC1. The number of anilines is 2. The zero-order valence-electron chi connectivity index (χ0n) is 26.5. The van der Waals surface area contributed by atoms with Crippen molar-refractivity contribution in [3.63, 3.8) is 0 Å². The first kappa shape index (κ1) is 25.7. The van der Waals surface area contributed by atoms with Crippen molar-refractivity contribution in [3.8, 4) is 0 Å². The monoisotopic (exact) mass is 615 g/mol. The molecule has 2 N–H and O–H groups in total. The first-order chi connectivity index (χ1) is 21.0. The van der Waals surface area contributed by atoms with E-state index in [0.717, 1.165) is 16.5 Å². The Bertz CT molecular complexity index is 1950. The van der Waals surface area contributed by atoms with Crippen molar-refractivity contribution in [2.24, 2.45) is 14.0 Å². The number of aromatic nitrogens is 5. The fourth-order valence-corrected chi connectivity index (χ4v) is 5.99. The summed E-state index contributed by atoms with van der Waals surface area (Å²) in [4.78, 5) is 37.4. The maximum absolute atomic E-state index is 13.7. The van der Waals surface area contributed by atoms with Crippen molar-refractivity contribution in [2.45, 2.75) is 38.6 Å².